The summed E-state index contributed by atoms with van der Waals surface area (Å²) in [4.78, 5) is 28.7. The number of nitrogens with one attached hydrogen (secondary N) is 2. The lowest BCUT2D eigenvalue weighted by atomic mass is 10.1. The molecule has 6 N–H and O–H groups in total. The molecule has 0 radical (unpaired) electrons. The standard InChI is InChI=1S/C22H37N7O3/c1-4-5-13-25-19(30)12-9-14-26-20(28-29-24)18(27-21(31)22(2,3)23)16-32-15-17-10-7-6-8-11-17/h6-8,10-11,18H,4-5,9,12-16,23H2,1-3H3,(H,25,30)(H,27,31)(H2,24,26,28)/t18-/m1/s1. The summed E-state index contributed by atoms with van der Waals surface area (Å²) < 4.78 is 5.78. The van der Waals surface area contributed by atoms with Crippen LogP contribution in [0.15, 0.2) is 45.7 Å². The Morgan fingerprint density at radius 1 is 1.19 bits per heavy atom. The average Bonchev–Trinajstić information content (AvgIpc) is 2.75. The van der Waals surface area contributed by atoms with Crippen molar-refractivity contribution in [3.63, 3.8) is 0 Å². The van der Waals surface area contributed by atoms with Gasteiger partial charge in [0.15, 0.2) is 5.84 Å². The molecular weight excluding hydrogens is 410 g/mol. The Morgan fingerprint density at radius 3 is 2.53 bits per heavy atom. The van der Waals surface area contributed by atoms with Crippen LogP contribution in [0.3, 0.4) is 0 Å². The van der Waals surface area contributed by atoms with Gasteiger partial charge in [-0.1, -0.05) is 48.9 Å². The maximum absolute atomic E-state index is 12.5. The Hall–Kier alpha value is -2.85. The number of amides is 2. The highest BCUT2D eigenvalue weighted by atomic mass is 16.5. The van der Waals surface area contributed by atoms with E-state index in [1.165, 1.54) is 0 Å². The smallest absolute Gasteiger partial charge is 0.240 e. The number of benzene rings is 1. The predicted octanol–water partition coefficient (Wildman–Crippen LogP) is 1.85. The van der Waals surface area contributed by atoms with Crippen molar-refractivity contribution in [2.24, 2.45) is 26.9 Å². The van der Waals surface area contributed by atoms with E-state index in [1.54, 1.807) is 13.8 Å². The maximum Gasteiger partial charge on any atom is 0.240 e. The van der Waals surface area contributed by atoms with Crippen molar-refractivity contribution in [3.8, 4) is 0 Å². The number of hydrogen-bond acceptors (Lipinski definition) is 6. The molecule has 32 heavy (non-hydrogen) atoms. The summed E-state index contributed by atoms with van der Waals surface area (Å²) in [6.07, 6.45) is 2.84. The number of carbonyl (C=O) groups is 2. The molecule has 1 rings (SSSR count). The molecule has 1 aromatic rings. The molecular formula is C22H37N7O3. The highest BCUT2D eigenvalue weighted by molar-refractivity contribution is 5.94. The number of hydrogen-bond donors (Lipinski definition) is 4. The van der Waals surface area contributed by atoms with Gasteiger partial charge in [0.25, 0.3) is 0 Å². The van der Waals surface area contributed by atoms with E-state index in [-0.39, 0.29) is 24.3 Å². The number of unbranched alkanes of at least 4 members (excludes halogenated alkanes) is 1. The summed E-state index contributed by atoms with van der Waals surface area (Å²) in [7, 11) is 0. The fourth-order valence-corrected chi connectivity index (χ4v) is 2.59. The Morgan fingerprint density at radius 2 is 1.91 bits per heavy atom. The minimum absolute atomic E-state index is 0.0171. The van der Waals surface area contributed by atoms with Crippen molar-refractivity contribution in [1.82, 2.24) is 10.6 Å². The molecule has 0 fully saturated rings. The van der Waals surface area contributed by atoms with Crippen LogP contribution in [-0.2, 0) is 20.9 Å². The lowest BCUT2D eigenvalue weighted by molar-refractivity contribution is -0.126. The molecule has 0 aliphatic heterocycles. The van der Waals surface area contributed by atoms with Gasteiger partial charge < -0.3 is 26.9 Å². The molecule has 2 amide bonds. The Bertz CT molecular complexity index is 746. The van der Waals surface area contributed by atoms with Crippen molar-refractivity contribution in [3.05, 3.63) is 35.9 Å². The van der Waals surface area contributed by atoms with Gasteiger partial charge in [0.1, 0.15) is 6.04 Å². The van der Waals surface area contributed by atoms with Gasteiger partial charge in [-0.15, -0.1) is 5.11 Å². The zero-order chi connectivity index (χ0) is 23.8. The lowest BCUT2D eigenvalue weighted by Crippen LogP contribution is -2.55. The Kier molecular flexibility index (Phi) is 12.8. The second kappa shape index (κ2) is 15.0. The van der Waals surface area contributed by atoms with Crippen LogP contribution in [0.5, 0.6) is 0 Å². The third-order valence-corrected chi connectivity index (χ3v) is 4.45. The summed E-state index contributed by atoms with van der Waals surface area (Å²) in [6.45, 7) is 6.72. The van der Waals surface area contributed by atoms with E-state index in [0.29, 0.717) is 32.5 Å². The van der Waals surface area contributed by atoms with Crippen LogP contribution < -0.4 is 22.2 Å². The lowest BCUT2D eigenvalue weighted by Gasteiger charge is -2.23. The average molecular weight is 448 g/mol. The van der Waals surface area contributed by atoms with Gasteiger partial charge in [-0.05, 0) is 32.3 Å². The molecule has 10 nitrogen and oxygen atoms in total. The summed E-state index contributed by atoms with van der Waals surface area (Å²) in [6, 6.07) is 8.95. The molecule has 0 saturated heterocycles. The topological polar surface area (TPSA) is 157 Å². The first kappa shape index (κ1) is 27.2. The van der Waals surface area contributed by atoms with Crippen LogP contribution in [0, 0.1) is 0 Å². The second-order valence-corrected chi connectivity index (χ2v) is 8.01. The van der Waals surface area contributed by atoms with Gasteiger partial charge >= 0.3 is 0 Å². The first-order chi connectivity index (χ1) is 15.3. The Labute approximate surface area is 190 Å². The van der Waals surface area contributed by atoms with Crippen LogP contribution >= 0.6 is 0 Å². The fraction of sp³-hybridized carbons (Fsp3) is 0.591. The van der Waals surface area contributed by atoms with Crippen LogP contribution in [0.2, 0.25) is 0 Å². The van der Waals surface area contributed by atoms with E-state index in [1.807, 2.05) is 30.3 Å². The van der Waals surface area contributed by atoms with Gasteiger partial charge in [-0.2, -0.15) is 0 Å². The van der Waals surface area contributed by atoms with Gasteiger partial charge in [0, 0.05) is 19.5 Å². The van der Waals surface area contributed by atoms with Crippen LogP contribution in [0.1, 0.15) is 52.0 Å². The highest BCUT2D eigenvalue weighted by Gasteiger charge is 2.27. The molecule has 1 atom stereocenters. The zero-order valence-electron chi connectivity index (χ0n) is 19.3. The molecule has 10 heteroatoms. The third-order valence-electron chi connectivity index (χ3n) is 4.45. The largest absolute Gasteiger partial charge is 0.374 e. The number of amidine groups is 1. The van der Waals surface area contributed by atoms with E-state index in [9.17, 15) is 9.59 Å². The molecule has 0 aliphatic rings. The highest BCUT2D eigenvalue weighted by Crippen LogP contribution is 2.05. The second-order valence-electron chi connectivity index (χ2n) is 8.01. The van der Waals surface area contributed by atoms with E-state index < -0.39 is 11.6 Å². The van der Waals surface area contributed by atoms with Crippen LogP contribution in [-0.4, -0.2) is 48.9 Å². The van der Waals surface area contributed by atoms with Gasteiger partial charge in [-0.25, -0.2) is 0 Å². The minimum Gasteiger partial charge on any atom is -0.374 e. The molecule has 0 spiro atoms. The quantitative estimate of drug-likeness (QED) is 0.0855. The van der Waals surface area contributed by atoms with Crippen molar-refractivity contribution >= 4 is 17.6 Å². The fourth-order valence-electron chi connectivity index (χ4n) is 2.59. The molecule has 0 aliphatic carbocycles. The van der Waals surface area contributed by atoms with Crippen molar-refractivity contribution in [2.45, 2.75) is 64.6 Å². The maximum atomic E-state index is 12.5. The third kappa shape index (κ3) is 11.5. The molecule has 1 aromatic carbocycles. The number of nitrogens with two attached hydrogens (primary N) is 2. The van der Waals surface area contributed by atoms with Gasteiger partial charge in [0.2, 0.25) is 11.8 Å². The summed E-state index contributed by atoms with van der Waals surface area (Å²) in [5.41, 5.74) is 5.80. The van der Waals surface area contributed by atoms with Crippen molar-refractivity contribution < 1.29 is 14.3 Å². The minimum atomic E-state index is -1.10. The van der Waals surface area contributed by atoms with E-state index >= 15 is 0 Å². The molecule has 178 valence electrons. The van der Waals surface area contributed by atoms with E-state index in [4.69, 9.17) is 16.3 Å². The Balaban J connectivity index is 2.76. The molecule has 0 saturated carbocycles. The molecule has 0 unspecified atom stereocenters. The number of rotatable bonds is 14. The van der Waals surface area contributed by atoms with Gasteiger partial charge in [-0.3, -0.25) is 14.6 Å². The summed E-state index contributed by atoms with van der Waals surface area (Å²) in [5, 5.41) is 12.9. The van der Waals surface area contributed by atoms with Crippen LogP contribution in [0.4, 0.5) is 0 Å². The molecule has 0 aromatic heterocycles. The van der Waals surface area contributed by atoms with Crippen molar-refractivity contribution in [2.75, 3.05) is 19.7 Å². The van der Waals surface area contributed by atoms with Crippen LogP contribution in [0.25, 0.3) is 0 Å². The predicted molar refractivity (Wildman–Crippen MR) is 125 cm³/mol. The van der Waals surface area contributed by atoms with Gasteiger partial charge in [0.05, 0.1) is 18.8 Å². The monoisotopic (exact) mass is 447 g/mol. The van der Waals surface area contributed by atoms with E-state index in [2.05, 4.69) is 32.9 Å². The number of ether oxygens (including phenoxy) is 1. The number of nitrogens with zero attached hydrogens (tertiary/aromatic N) is 3. The molecule has 0 heterocycles. The van der Waals surface area contributed by atoms with Crippen molar-refractivity contribution in [1.29, 1.82) is 0 Å². The number of aliphatic imine (C=N–C) groups is 1. The molecule has 0 bridgehead atoms. The van der Waals surface area contributed by atoms with E-state index in [0.717, 1.165) is 18.4 Å². The normalized spacial score (nSPS) is 13.2. The zero-order valence-corrected chi connectivity index (χ0v) is 19.3. The SMILES string of the molecule is CCCCNC(=O)CCCN=C(N=NN)[C@@H](COCc1ccccc1)NC(=O)C(C)(C)N. The number of carbonyl (C=O) groups excluding carboxylic acids is 2. The first-order valence-corrected chi connectivity index (χ1v) is 10.9. The summed E-state index contributed by atoms with van der Waals surface area (Å²) >= 11 is 0. The first-order valence-electron chi connectivity index (χ1n) is 10.9. The summed E-state index contributed by atoms with van der Waals surface area (Å²) in [5.74, 6) is 5.07.